The maximum Gasteiger partial charge on any atom is 0.191 e. The molecule has 5 heteroatoms. The molecule has 0 amide bonds. The minimum Gasteiger partial charge on any atom is -0.492 e. The fourth-order valence-corrected chi connectivity index (χ4v) is 3.03. The van der Waals surface area contributed by atoms with Crippen LogP contribution in [0.1, 0.15) is 24.8 Å². The first-order valence-electron chi connectivity index (χ1n) is 8.86. The number of hydrogen-bond acceptors (Lipinski definition) is 5. The van der Waals surface area contributed by atoms with E-state index in [2.05, 4.69) is 44.8 Å². The molecule has 126 valence electrons. The molecule has 3 rings (SSSR count). The highest BCUT2D eigenvalue weighted by Crippen LogP contribution is 2.13. The van der Waals surface area contributed by atoms with Gasteiger partial charge in [-0.25, -0.2) is 0 Å². The molecule has 1 aromatic carbocycles. The van der Waals surface area contributed by atoms with Crippen LogP contribution in [0.5, 0.6) is 5.75 Å². The molecule has 0 spiro atoms. The van der Waals surface area contributed by atoms with Crippen molar-refractivity contribution in [2.75, 3.05) is 45.9 Å². The van der Waals surface area contributed by atoms with Gasteiger partial charge in [-0.15, -0.1) is 0 Å². The van der Waals surface area contributed by atoms with Gasteiger partial charge in [-0.05, 0) is 56.5 Å². The Hall–Kier alpha value is -1.75. The molecule has 0 atom stereocenters. The molecule has 0 aromatic heterocycles. The second kappa shape index (κ2) is 8.77. The first-order chi connectivity index (χ1) is 11.4. The zero-order valence-corrected chi connectivity index (χ0v) is 13.9. The Bertz CT molecular complexity index is 494. The summed E-state index contributed by atoms with van der Waals surface area (Å²) in [5.74, 6) is 1.91. The molecule has 23 heavy (non-hydrogen) atoms. The highest BCUT2D eigenvalue weighted by atomic mass is 16.5. The summed E-state index contributed by atoms with van der Waals surface area (Å²) in [5.41, 5.74) is 1.32. The van der Waals surface area contributed by atoms with Crippen molar-refractivity contribution in [1.82, 2.24) is 15.5 Å². The molecule has 2 aliphatic heterocycles. The number of benzene rings is 1. The minimum absolute atomic E-state index is 0.784. The third kappa shape index (κ3) is 5.43. The molecule has 0 radical (unpaired) electrons. The second-order valence-corrected chi connectivity index (χ2v) is 6.23. The SMILES string of the molecule is c1cc(OCCN2CCCC2)ccc1CCNC1=NCCCN1. The average Bonchev–Trinajstić information content (AvgIpc) is 3.11. The van der Waals surface area contributed by atoms with E-state index in [-0.39, 0.29) is 0 Å². The molecule has 0 unspecified atom stereocenters. The summed E-state index contributed by atoms with van der Waals surface area (Å²) >= 11 is 0. The molecule has 0 aliphatic carbocycles. The Kier molecular flexibility index (Phi) is 6.15. The van der Waals surface area contributed by atoms with Crippen molar-refractivity contribution < 1.29 is 4.74 Å². The summed E-state index contributed by atoms with van der Waals surface area (Å²) in [7, 11) is 0. The van der Waals surface area contributed by atoms with Gasteiger partial charge in [0.1, 0.15) is 12.4 Å². The van der Waals surface area contributed by atoms with Crippen molar-refractivity contribution in [1.29, 1.82) is 0 Å². The molecule has 5 nitrogen and oxygen atoms in total. The van der Waals surface area contributed by atoms with Crippen molar-refractivity contribution in [2.24, 2.45) is 4.99 Å². The van der Waals surface area contributed by atoms with Crippen LogP contribution < -0.4 is 15.4 Å². The van der Waals surface area contributed by atoms with Gasteiger partial charge < -0.3 is 15.4 Å². The van der Waals surface area contributed by atoms with E-state index in [1.807, 2.05) is 0 Å². The summed E-state index contributed by atoms with van der Waals surface area (Å²) in [6.07, 6.45) is 4.80. The summed E-state index contributed by atoms with van der Waals surface area (Å²) in [5, 5.41) is 6.63. The summed E-state index contributed by atoms with van der Waals surface area (Å²) in [6.45, 7) is 7.15. The molecule has 1 aromatic rings. The maximum atomic E-state index is 5.84. The fourth-order valence-electron chi connectivity index (χ4n) is 3.03. The van der Waals surface area contributed by atoms with Crippen LogP contribution in [0.25, 0.3) is 0 Å². The van der Waals surface area contributed by atoms with Crippen LogP contribution in [0.3, 0.4) is 0 Å². The molecule has 0 saturated carbocycles. The quantitative estimate of drug-likeness (QED) is 0.803. The van der Waals surface area contributed by atoms with Crippen molar-refractivity contribution >= 4 is 5.96 Å². The Balaban J connectivity index is 1.34. The molecule has 2 aliphatic rings. The van der Waals surface area contributed by atoms with E-state index in [4.69, 9.17) is 4.74 Å². The van der Waals surface area contributed by atoms with Gasteiger partial charge in [-0.3, -0.25) is 9.89 Å². The van der Waals surface area contributed by atoms with E-state index >= 15 is 0 Å². The lowest BCUT2D eigenvalue weighted by molar-refractivity contribution is 0.238. The number of hydrogen-bond donors (Lipinski definition) is 2. The lowest BCUT2D eigenvalue weighted by Crippen LogP contribution is -2.41. The van der Waals surface area contributed by atoms with Crippen molar-refractivity contribution in [2.45, 2.75) is 25.7 Å². The van der Waals surface area contributed by atoms with Gasteiger partial charge in [0.15, 0.2) is 5.96 Å². The maximum absolute atomic E-state index is 5.84. The van der Waals surface area contributed by atoms with Gasteiger partial charge in [0.05, 0.1) is 0 Å². The van der Waals surface area contributed by atoms with Crippen LogP contribution in [0, 0.1) is 0 Å². The third-order valence-electron chi connectivity index (χ3n) is 4.40. The molecular weight excluding hydrogens is 288 g/mol. The largest absolute Gasteiger partial charge is 0.492 e. The van der Waals surface area contributed by atoms with E-state index in [9.17, 15) is 0 Å². The smallest absolute Gasteiger partial charge is 0.191 e. The van der Waals surface area contributed by atoms with Gasteiger partial charge in [0.2, 0.25) is 0 Å². The molecule has 1 saturated heterocycles. The monoisotopic (exact) mass is 316 g/mol. The average molecular weight is 316 g/mol. The number of ether oxygens (including phenoxy) is 1. The molecular formula is C18H28N4O. The number of likely N-dealkylation sites (tertiary alicyclic amines) is 1. The lowest BCUT2D eigenvalue weighted by atomic mass is 10.1. The Labute approximate surface area is 139 Å². The van der Waals surface area contributed by atoms with Crippen LogP contribution >= 0.6 is 0 Å². The summed E-state index contributed by atoms with van der Waals surface area (Å²) in [4.78, 5) is 6.89. The Morgan fingerprint density at radius 2 is 1.96 bits per heavy atom. The van der Waals surface area contributed by atoms with E-state index < -0.39 is 0 Å². The van der Waals surface area contributed by atoms with Gasteiger partial charge in [-0.2, -0.15) is 0 Å². The number of nitrogens with zero attached hydrogens (tertiary/aromatic N) is 2. The number of nitrogens with one attached hydrogen (secondary N) is 2. The zero-order valence-electron chi connectivity index (χ0n) is 13.9. The number of guanidine groups is 1. The highest BCUT2D eigenvalue weighted by Gasteiger charge is 2.10. The van der Waals surface area contributed by atoms with Gasteiger partial charge >= 0.3 is 0 Å². The normalized spacial score (nSPS) is 18.3. The Morgan fingerprint density at radius 1 is 1.13 bits per heavy atom. The molecule has 1 fully saturated rings. The predicted molar refractivity (Wildman–Crippen MR) is 94.2 cm³/mol. The third-order valence-corrected chi connectivity index (χ3v) is 4.40. The van der Waals surface area contributed by atoms with E-state index in [1.54, 1.807) is 0 Å². The highest BCUT2D eigenvalue weighted by molar-refractivity contribution is 5.80. The predicted octanol–water partition coefficient (Wildman–Crippen LogP) is 1.64. The molecule has 0 bridgehead atoms. The van der Waals surface area contributed by atoms with Crippen molar-refractivity contribution in [3.8, 4) is 5.75 Å². The standard InChI is InChI=1S/C18H28N4O/c1-2-13-22(12-1)14-15-23-17-6-4-16(5-7-17)8-11-21-18-19-9-3-10-20-18/h4-7H,1-3,8-15H2,(H2,19,20,21). The van der Waals surface area contributed by atoms with Gasteiger partial charge in [0.25, 0.3) is 0 Å². The van der Waals surface area contributed by atoms with Crippen LogP contribution in [0.4, 0.5) is 0 Å². The van der Waals surface area contributed by atoms with Crippen LogP contribution in [0.15, 0.2) is 29.3 Å². The van der Waals surface area contributed by atoms with E-state index in [0.29, 0.717) is 0 Å². The first kappa shape index (κ1) is 16.1. The second-order valence-electron chi connectivity index (χ2n) is 6.23. The minimum atomic E-state index is 0.784. The van der Waals surface area contributed by atoms with Gasteiger partial charge in [-0.1, -0.05) is 12.1 Å². The molecule has 2 N–H and O–H groups in total. The topological polar surface area (TPSA) is 48.9 Å². The van der Waals surface area contributed by atoms with Crippen LogP contribution in [-0.2, 0) is 6.42 Å². The van der Waals surface area contributed by atoms with Crippen LogP contribution in [0.2, 0.25) is 0 Å². The van der Waals surface area contributed by atoms with Crippen molar-refractivity contribution in [3.63, 3.8) is 0 Å². The summed E-state index contributed by atoms with van der Waals surface area (Å²) < 4.78 is 5.84. The van der Waals surface area contributed by atoms with Crippen molar-refractivity contribution in [3.05, 3.63) is 29.8 Å². The lowest BCUT2D eigenvalue weighted by Gasteiger charge is -2.16. The molecule has 2 heterocycles. The van der Waals surface area contributed by atoms with E-state index in [0.717, 1.165) is 57.3 Å². The fraction of sp³-hybridized carbons (Fsp3) is 0.611. The zero-order chi connectivity index (χ0) is 15.7. The van der Waals surface area contributed by atoms with Crippen LogP contribution in [-0.4, -0.2) is 56.7 Å². The number of rotatable bonds is 7. The Morgan fingerprint density at radius 3 is 2.70 bits per heavy atom. The first-order valence-corrected chi connectivity index (χ1v) is 8.86. The van der Waals surface area contributed by atoms with Gasteiger partial charge in [0, 0.05) is 26.2 Å². The number of aliphatic imine (C=N–C) groups is 1. The summed E-state index contributed by atoms with van der Waals surface area (Å²) in [6, 6.07) is 8.47. The van der Waals surface area contributed by atoms with E-state index in [1.165, 1.54) is 31.5 Å².